The summed E-state index contributed by atoms with van der Waals surface area (Å²) in [6.45, 7) is 2.13. The summed E-state index contributed by atoms with van der Waals surface area (Å²) in [5, 5.41) is 3.33. The van der Waals surface area contributed by atoms with E-state index >= 15 is 0 Å². The second kappa shape index (κ2) is 5.91. The quantitative estimate of drug-likeness (QED) is 0.867. The lowest BCUT2D eigenvalue weighted by Crippen LogP contribution is -2.18. The van der Waals surface area contributed by atoms with E-state index in [0.717, 1.165) is 23.2 Å². The number of fused-ring (bicyclic) bond motifs is 1. The fourth-order valence-electron chi connectivity index (χ4n) is 1.72. The molecule has 1 aromatic carbocycles. The fraction of sp³-hybridized carbons (Fsp3) is 0.385. The van der Waals surface area contributed by atoms with Crippen LogP contribution in [0.15, 0.2) is 24.3 Å². The minimum atomic E-state index is 0.343. The molecule has 4 nitrogen and oxygen atoms in total. The second-order valence-corrected chi connectivity index (χ2v) is 5.26. The van der Waals surface area contributed by atoms with Crippen LogP contribution in [-0.2, 0) is 0 Å². The number of hydrogen-bond donors (Lipinski definition) is 2. The zero-order valence-electron chi connectivity index (χ0n) is 10.7. The molecule has 5 heteroatoms. The molecule has 1 unspecified atom stereocenters. The zero-order chi connectivity index (χ0) is 13.0. The van der Waals surface area contributed by atoms with Crippen LogP contribution in [-0.4, -0.2) is 28.0 Å². The van der Waals surface area contributed by atoms with Crippen molar-refractivity contribution in [3.63, 3.8) is 0 Å². The predicted octanol–water partition coefficient (Wildman–Crippen LogP) is 2.77. The Bertz CT molecular complexity index is 529. The monoisotopic (exact) mass is 262 g/mol. The van der Waals surface area contributed by atoms with Crippen molar-refractivity contribution < 1.29 is 0 Å². The van der Waals surface area contributed by atoms with E-state index in [9.17, 15) is 0 Å². The van der Waals surface area contributed by atoms with Crippen molar-refractivity contribution in [3.8, 4) is 0 Å². The molecule has 0 saturated carbocycles. The standard InChI is InChI=1S/C13H18N4S/c1-9(7-8-18-2)15-13-12(14)16-10-5-3-4-6-11(10)17-13/h3-6,9H,7-8H2,1-2H3,(H2,14,16)(H,15,17). The Labute approximate surface area is 111 Å². The molecule has 1 atom stereocenters. The minimum Gasteiger partial charge on any atom is -0.381 e. The number of hydrogen-bond acceptors (Lipinski definition) is 5. The van der Waals surface area contributed by atoms with Gasteiger partial charge in [0.15, 0.2) is 11.6 Å². The molecule has 0 aliphatic rings. The highest BCUT2D eigenvalue weighted by Crippen LogP contribution is 2.19. The van der Waals surface area contributed by atoms with E-state index in [0.29, 0.717) is 17.7 Å². The highest BCUT2D eigenvalue weighted by Gasteiger charge is 2.08. The molecule has 3 N–H and O–H groups in total. The Morgan fingerprint density at radius 2 is 1.94 bits per heavy atom. The number of rotatable bonds is 5. The number of thioether (sulfide) groups is 1. The van der Waals surface area contributed by atoms with E-state index in [2.05, 4.69) is 28.5 Å². The summed E-state index contributed by atoms with van der Waals surface area (Å²) in [6.07, 6.45) is 3.19. The van der Waals surface area contributed by atoms with Gasteiger partial charge in [-0.05, 0) is 37.5 Å². The Hall–Kier alpha value is -1.49. The van der Waals surface area contributed by atoms with Crippen LogP contribution in [0.25, 0.3) is 11.0 Å². The molecule has 2 rings (SSSR count). The van der Waals surface area contributed by atoms with E-state index in [1.807, 2.05) is 36.0 Å². The van der Waals surface area contributed by atoms with Gasteiger partial charge >= 0.3 is 0 Å². The van der Waals surface area contributed by atoms with E-state index in [1.54, 1.807) is 0 Å². The Balaban J connectivity index is 2.19. The van der Waals surface area contributed by atoms with Gasteiger partial charge in [0, 0.05) is 6.04 Å². The molecule has 2 aromatic rings. The van der Waals surface area contributed by atoms with Crippen molar-refractivity contribution in [3.05, 3.63) is 24.3 Å². The highest BCUT2D eigenvalue weighted by atomic mass is 32.2. The third kappa shape index (κ3) is 3.04. The molecular weight excluding hydrogens is 244 g/mol. The van der Waals surface area contributed by atoms with Crippen molar-refractivity contribution in [1.82, 2.24) is 9.97 Å². The number of para-hydroxylation sites is 2. The summed E-state index contributed by atoms with van der Waals surface area (Å²) in [7, 11) is 0. The highest BCUT2D eigenvalue weighted by molar-refractivity contribution is 7.98. The first-order valence-corrected chi connectivity index (χ1v) is 7.38. The summed E-state index contributed by atoms with van der Waals surface area (Å²) in [5.41, 5.74) is 7.62. The second-order valence-electron chi connectivity index (χ2n) is 4.27. The molecule has 0 fully saturated rings. The molecule has 96 valence electrons. The topological polar surface area (TPSA) is 63.8 Å². The summed E-state index contributed by atoms with van der Waals surface area (Å²) >= 11 is 1.84. The molecule has 1 heterocycles. The van der Waals surface area contributed by atoms with Gasteiger partial charge in [-0.1, -0.05) is 12.1 Å². The average Bonchev–Trinajstić information content (AvgIpc) is 2.37. The van der Waals surface area contributed by atoms with Gasteiger partial charge in [-0.3, -0.25) is 0 Å². The van der Waals surface area contributed by atoms with Crippen LogP contribution in [0.2, 0.25) is 0 Å². The SMILES string of the molecule is CSCCC(C)Nc1nc2ccccc2nc1N. The number of aromatic nitrogens is 2. The maximum absolute atomic E-state index is 5.92. The third-order valence-corrected chi connectivity index (χ3v) is 3.38. The van der Waals surface area contributed by atoms with E-state index in [1.165, 1.54) is 0 Å². The van der Waals surface area contributed by atoms with Gasteiger partial charge in [0.2, 0.25) is 0 Å². The van der Waals surface area contributed by atoms with Crippen LogP contribution >= 0.6 is 11.8 Å². The van der Waals surface area contributed by atoms with Gasteiger partial charge in [0.05, 0.1) is 11.0 Å². The van der Waals surface area contributed by atoms with Crippen LogP contribution in [0.3, 0.4) is 0 Å². The molecule has 1 aromatic heterocycles. The lowest BCUT2D eigenvalue weighted by molar-refractivity contribution is 0.767. The van der Waals surface area contributed by atoms with Gasteiger partial charge in [-0.25, -0.2) is 9.97 Å². The van der Waals surface area contributed by atoms with Gasteiger partial charge in [0.1, 0.15) is 0 Å². The lowest BCUT2D eigenvalue weighted by atomic mass is 10.2. The fourth-order valence-corrected chi connectivity index (χ4v) is 2.31. The smallest absolute Gasteiger partial charge is 0.169 e. The molecule has 0 aliphatic carbocycles. The van der Waals surface area contributed by atoms with Crippen LogP contribution in [0.5, 0.6) is 0 Å². The first kappa shape index (κ1) is 13.0. The maximum Gasteiger partial charge on any atom is 0.169 e. The normalized spacial score (nSPS) is 12.6. The van der Waals surface area contributed by atoms with Gasteiger partial charge in [-0.15, -0.1) is 0 Å². The van der Waals surface area contributed by atoms with Crippen LogP contribution in [0.4, 0.5) is 11.6 Å². The summed E-state index contributed by atoms with van der Waals surface area (Å²) in [5.74, 6) is 2.27. The summed E-state index contributed by atoms with van der Waals surface area (Å²) in [4.78, 5) is 8.87. The molecule has 0 amide bonds. The number of nitrogen functional groups attached to an aromatic ring is 1. The molecular formula is C13H18N4S. The van der Waals surface area contributed by atoms with Crippen molar-refractivity contribution >= 4 is 34.4 Å². The number of nitrogens with one attached hydrogen (secondary N) is 1. The molecule has 0 aliphatic heterocycles. The maximum atomic E-state index is 5.92. The Kier molecular flexibility index (Phi) is 4.25. The molecule has 0 saturated heterocycles. The van der Waals surface area contributed by atoms with Gasteiger partial charge < -0.3 is 11.1 Å². The first-order valence-electron chi connectivity index (χ1n) is 5.98. The van der Waals surface area contributed by atoms with E-state index in [4.69, 9.17) is 5.73 Å². The number of anilines is 2. The lowest BCUT2D eigenvalue weighted by Gasteiger charge is -2.15. The Morgan fingerprint density at radius 3 is 2.61 bits per heavy atom. The van der Waals surface area contributed by atoms with Crippen molar-refractivity contribution in [2.45, 2.75) is 19.4 Å². The molecule has 0 radical (unpaired) electrons. The number of benzene rings is 1. The largest absolute Gasteiger partial charge is 0.381 e. The van der Waals surface area contributed by atoms with Crippen molar-refractivity contribution in [2.75, 3.05) is 23.1 Å². The summed E-state index contributed by atoms with van der Waals surface area (Å²) in [6, 6.07) is 8.09. The van der Waals surface area contributed by atoms with E-state index < -0.39 is 0 Å². The van der Waals surface area contributed by atoms with Crippen molar-refractivity contribution in [1.29, 1.82) is 0 Å². The number of nitrogens with two attached hydrogens (primary N) is 1. The Morgan fingerprint density at radius 1 is 1.28 bits per heavy atom. The molecule has 0 spiro atoms. The predicted molar refractivity (Wildman–Crippen MR) is 80.0 cm³/mol. The first-order chi connectivity index (χ1) is 8.70. The summed E-state index contributed by atoms with van der Waals surface area (Å²) < 4.78 is 0. The minimum absolute atomic E-state index is 0.343. The van der Waals surface area contributed by atoms with E-state index in [-0.39, 0.29) is 0 Å². The average molecular weight is 262 g/mol. The van der Waals surface area contributed by atoms with Gasteiger partial charge in [-0.2, -0.15) is 11.8 Å². The van der Waals surface area contributed by atoms with Crippen LogP contribution < -0.4 is 11.1 Å². The van der Waals surface area contributed by atoms with Crippen molar-refractivity contribution in [2.24, 2.45) is 0 Å². The molecule has 18 heavy (non-hydrogen) atoms. The molecule has 0 bridgehead atoms. The van der Waals surface area contributed by atoms with Gasteiger partial charge in [0.25, 0.3) is 0 Å². The zero-order valence-corrected chi connectivity index (χ0v) is 11.5. The third-order valence-electron chi connectivity index (χ3n) is 2.74. The number of nitrogens with zero attached hydrogens (tertiary/aromatic N) is 2. The van der Waals surface area contributed by atoms with Crippen LogP contribution in [0, 0.1) is 0 Å². The van der Waals surface area contributed by atoms with Crippen LogP contribution in [0.1, 0.15) is 13.3 Å².